The number of anilines is 1. The van der Waals surface area contributed by atoms with Gasteiger partial charge in [0.2, 0.25) is 0 Å². The second-order valence-corrected chi connectivity index (χ2v) is 5.55. The molecule has 6 nitrogen and oxygen atoms in total. The summed E-state index contributed by atoms with van der Waals surface area (Å²) in [5, 5.41) is 21.4. The first-order valence-corrected chi connectivity index (χ1v) is 7.16. The lowest BCUT2D eigenvalue weighted by molar-refractivity contribution is 0.483. The molecule has 0 aliphatic heterocycles. The quantitative estimate of drug-likeness (QED) is 0.664. The van der Waals surface area contributed by atoms with E-state index in [0.717, 1.165) is 5.39 Å². The van der Waals surface area contributed by atoms with Gasteiger partial charge in [0.25, 0.3) is 10.1 Å². The Hall–Kier alpha value is -2.87. The molecule has 0 unspecified atom stereocenters. The fraction of sp³-hybridized carbons (Fsp3) is 0. The number of benzene rings is 2. The molecule has 0 atom stereocenters. The second kappa shape index (κ2) is 5.63. The predicted molar refractivity (Wildman–Crippen MR) is 76.7 cm³/mol. The lowest BCUT2D eigenvalue weighted by atomic mass is 10.1. The van der Waals surface area contributed by atoms with Gasteiger partial charge in [0, 0.05) is 11.9 Å². The van der Waals surface area contributed by atoms with Gasteiger partial charge in [0.15, 0.2) is 0 Å². The minimum Gasteiger partial charge on any atom is -0.360 e. The van der Waals surface area contributed by atoms with Crippen LogP contribution >= 0.6 is 0 Å². The van der Waals surface area contributed by atoms with Crippen LogP contribution in [0.5, 0.6) is 0 Å². The Morgan fingerprint density at radius 3 is 2.33 bits per heavy atom. The number of nitrogens with zero attached hydrogens (tertiary/aromatic N) is 2. The average Bonchev–Trinajstić information content (AvgIpc) is 2.46. The van der Waals surface area contributed by atoms with Crippen molar-refractivity contribution in [2.75, 3.05) is 5.32 Å². The number of nitrogens with one attached hydrogen (secondary N) is 1. The van der Waals surface area contributed by atoms with E-state index in [1.165, 1.54) is 18.3 Å². The molecule has 0 aliphatic rings. The van der Waals surface area contributed by atoms with Crippen LogP contribution in [0.2, 0.25) is 0 Å². The molecule has 0 heterocycles. The highest BCUT2D eigenvalue weighted by atomic mass is 32.2. The van der Waals surface area contributed by atoms with Crippen LogP contribution in [0.1, 0.15) is 0 Å². The number of allylic oxidation sites excluding steroid dienone is 1. The van der Waals surface area contributed by atoms with E-state index in [4.69, 9.17) is 15.1 Å². The van der Waals surface area contributed by atoms with Crippen molar-refractivity contribution in [2.24, 2.45) is 0 Å². The zero-order valence-corrected chi connectivity index (χ0v) is 11.4. The lowest BCUT2D eigenvalue weighted by Gasteiger charge is -2.05. The standard InChI is InChI=1S/C14H9N3O3S/c15-7-10(8-16)9-17-13-3-1-12-6-14(21(18,19)20)4-2-11(12)5-13/h1-6,9,17H,(H,18,19,20). The number of hydrogen-bond donors (Lipinski definition) is 2. The van der Waals surface area contributed by atoms with Crippen LogP contribution in [0, 0.1) is 22.7 Å². The zero-order valence-electron chi connectivity index (χ0n) is 10.6. The van der Waals surface area contributed by atoms with Crippen molar-refractivity contribution >= 4 is 26.6 Å². The molecule has 104 valence electrons. The Bertz CT molecular complexity index is 903. The Kier molecular flexibility index (Phi) is 3.90. The molecule has 7 heteroatoms. The Morgan fingerprint density at radius 1 is 1.10 bits per heavy atom. The molecule has 2 aromatic rings. The summed E-state index contributed by atoms with van der Waals surface area (Å²) >= 11 is 0. The molecular weight excluding hydrogens is 290 g/mol. The highest BCUT2D eigenvalue weighted by molar-refractivity contribution is 7.85. The van der Waals surface area contributed by atoms with Crippen molar-refractivity contribution in [2.45, 2.75) is 4.90 Å². The summed E-state index contributed by atoms with van der Waals surface area (Å²) < 4.78 is 31.1. The van der Waals surface area contributed by atoms with Gasteiger partial charge in [0.05, 0.1) is 4.90 Å². The smallest absolute Gasteiger partial charge is 0.294 e. The van der Waals surface area contributed by atoms with Crippen molar-refractivity contribution in [3.63, 3.8) is 0 Å². The third-order valence-corrected chi connectivity index (χ3v) is 3.58. The van der Waals surface area contributed by atoms with Gasteiger partial charge >= 0.3 is 0 Å². The first-order valence-electron chi connectivity index (χ1n) is 5.72. The summed E-state index contributed by atoms with van der Waals surface area (Å²) in [6.45, 7) is 0. The summed E-state index contributed by atoms with van der Waals surface area (Å²) in [4.78, 5) is -0.174. The third kappa shape index (κ3) is 3.37. The lowest BCUT2D eigenvalue weighted by Crippen LogP contribution is -1.97. The van der Waals surface area contributed by atoms with E-state index in [1.807, 2.05) is 0 Å². The molecule has 2 N–H and O–H groups in total. The summed E-state index contributed by atoms with van der Waals surface area (Å²) in [7, 11) is -4.23. The van der Waals surface area contributed by atoms with Crippen LogP contribution in [-0.2, 0) is 10.1 Å². The number of fused-ring (bicyclic) bond motifs is 1. The van der Waals surface area contributed by atoms with Gasteiger partial charge in [-0.1, -0.05) is 12.1 Å². The van der Waals surface area contributed by atoms with Crippen molar-refractivity contribution < 1.29 is 13.0 Å². The summed E-state index contributed by atoms with van der Waals surface area (Å²) in [6, 6.07) is 12.7. The maximum Gasteiger partial charge on any atom is 0.294 e. The average molecular weight is 299 g/mol. The van der Waals surface area contributed by atoms with E-state index in [-0.39, 0.29) is 10.5 Å². The van der Waals surface area contributed by atoms with Crippen LogP contribution in [0.3, 0.4) is 0 Å². The molecule has 0 aliphatic carbocycles. The van der Waals surface area contributed by atoms with Gasteiger partial charge < -0.3 is 5.32 Å². The molecule has 0 spiro atoms. The fourth-order valence-corrected chi connectivity index (χ4v) is 2.24. The van der Waals surface area contributed by atoms with Crippen LogP contribution < -0.4 is 5.32 Å². The minimum absolute atomic E-state index is 0.0585. The van der Waals surface area contributed by atoms with Crippen molar-refractivity contribution in [1.82, 2.24) is 0 Å². The topological polar surface area (TPSA) is 114 Å². The molecule has 2 rings (SSSR count). The first-order chi connectivity index (χ1) is 9.94. The van der Waals surface area contributed by atoms with Crippen molar-refractivity contribution in [3.05, 3.63) is 48.2 Å². The maximum atomic E-state index is 11.1. The molecule has 0 bridgehead atoms. The molecule has 2 aromatic carbocycles. The second-order valence-electron chi connectivity index (χ2n) is 4.12. The fourth-order valence-electron chi connectivity index (χ4n) is 1.72. The highest BCUT2D eigenvalue weighted by Crippen LogP contribution is 2.22. The van der Waals surface area contributed by atoms with Crippen LogP contribution in [0.4, 0.5) is 5.69 Å². The van der Waals surface area contributed by atoms with Gasteiger partial charge in [0.1, 0.15) is 17.7 Å². The minimum atomic E-state index is -4.23. The molecule has 0 saturated carbocycles. The SMILES string of the molecule is N#CC(C#N)=CNc1ccc2cc(S(=O)(=O)O)ccc2c1. The van der Waals surface area contributed by atoms with Crippen LogP contribution in [-0.4, -0.2) is 13.0 Å². The Labute approximate surface area is 121 Å². The molecule has 0 fully saturated rings. The Morgan fingerprint density at radius 2 is 1.71 bits per heavy atom. The van der Waals surface area contributed by atoms with Gasteiger partial charge in [-0.2, -0.15) is 18.9 Å². The number of hydrogen-bond acceptors (Lipinski definition) is 5. The molecule has 21 heavy (non-hydrogen) atoms. The maximum absolute atomic E-state index is 11.1. The van der Waals surface area contributed by atoms with E-state index < -0.39 is 10.1 Å². The monoisotopic (exact) mass is 299 g/mol. The molecule has 0 aromatic heterocycles. The molecule has 0 radical (unpaired) electrons. The first kappa shape index (κ1) is 14.5. The van der Waals surface area contributed by atoms with E-state index in [0.29, 0.717) is 11.1 Å². The van der Waals surface area contributed by atoms with Crippen molar-refractivity contribution in [3.8, 4) is 12.1 Å². The third-order valence-electron chi connectivity index (χ3n) is 2.73. The molecular formula is C14H9N3O3S. The largest absolute Gasteiger partial charge is 0.360 e. The van der Waals surface area contributed by atoms with Gasteiger partial charge in [-0.3, -0.25) is 4.55 Å². The van der Waals surface area contributed by atoms with Crippen LogP contribution in [0.15, 0.2) is 53.1 Å². The predicted octanol–water partition coefficient (Wildman–Crippen LogP) is 2.43. The highest BCUT2D eigenvalue weighted by Gasteiger charge is 2.09. The van der Waals surface area contributed by atoms with Gasteiger partial charge in [-0.15, -0.1) is 0 Å². The van der Waals surface area contributed by atoms with Crippen LogP contribution in [0.25, 0.3) is 10.8 Å². The Balaban J connectivity index is 2.39. The zero-order chi connectivity index (χ0) is 15.5. The number of nitriles is 2. The van der Waals surface area contributed by atoms with Gasteiger partial charge in [-0.25, -0.2) is 0 Å². The molecule has 0 saturated heterocycles. The van der Waals surface area contributed by atoms with E-state index in [2.05, 4.69) is 5.32 Å². The summed E-state index contributed by atoms with van der Waals surface area (Å²) in [6.07, 6.45) is 1.29. The number of rotatable bonds is 3. The van der Waals surface area contributed by atoms with E-state index in [9.17, 15) is 8.42 Å². The van der Waals surface area contributed by atoms with E-state index in [1.54, 1.807) is 36.4 Å². The summed E-state index contributed by atoms with van der Waals surface area (Å²) in [5.41, 5.74) is 0.585. The van der Waals surface area contributed by atoms with Gasteiger partial charge in [-0.05, 0) is 35.0 Å². The molecule has 0 amide bonds. The summed E-state index contributed by atoms with van der Waals surface area (Å²) in [5.74, 6) is 0. The van der Waals surface area contributed by atoms with Crippen molar-refractivity contribution in [1.29, 1.82) is 10.5 Å². The normalized spacial score (nSPS) is 10.4. The van der Waals surface area contributed by atoms with E-state index >= 15 is 0 Å².